The van der Waals surface area contributed by atoms with Crippen LogP contribution in [0.1, 0.15) is 25.6 Å². The maximum atomic E-state index is 12.3. The number of esters is 1. The summed E-state index contributed by atoms with van der Waals surface area (Å²) in [6.45, 7) is 0. The smallest absolute Gasteiger partial charge is 0.338 e. The Morgan fingerprint density at radius 2 is 2.00 bits per heavy atom. The van der Waals surface area contributed by atoms with Gasteiger partial charge in [-0.2, -0.15) is 0 Å². The third kappa shape index (κ3) is 2.52. The molecule has 92 valence electrons. The lowest BCUT2D eigenvalue weighted by Crippen LogP contribution is -2.10. The van der Waals surface area contributed by atoms with Crippen LogP contribution in [0.4, 0.5) is 0 Å². The average Bonchev–Trinajstić information content (AvgIpc) is 2.90. The van der Waals surface area contributed by atoms with E-state index in [4.69, 9.17) is 0 Å². The Labute approximate surface area is 117 Å². The van der Waals surface area contributed by atoms with E-state index in [0.717, 1.165) is 4.47 Å². The molecular formula is C13H9BrO3S. The van der Waals surface area contributed by atoms with Crippen LogP contribution < -0.4 is 0 Å². The van der Waals surface area contributed by atoms with Gasteiger partial charge in [-0.25, -0.2) is 4.79 Å². The highest BCUT2D eigenvalue weighted by Crippen LogP contribution is 2.22. The summed E-state index contributed by atoms with van der Waals surface area (Å²) >= 11 is 4.64. The predicted molar refractivity (Wildman–Crippen MR) is 73.2 cm³/mol. The summed E-state index contributed by atoms with van der Waals surface area (Å²) < 4.78 is 5.43. The molecule has 0 unspecified atom stereocenters. The van der Waals surface area contributed by atoms with E-state index in [1.807, 2.05) is 5.38 Å². The van der Waals surface area contributed by atoms with Crippen molar-refractivity contribution in [3.8, 4) is 0 Å². The molecule has 0 saturated heterocycles. The molecule has 1 aromatic heterocycles. The largest absolute Gasteiger partial charge is 0.465 e. The van der Waals surface area contributed by atoms with Gasteiger partial charge in [-0.1, -0.05) is 22.0 Å². The number of thiophene rings is 1. The molecule has 2 rings (SSSR count). The normalized spacial score (nSPS) is 10.1. The van der Waals surface area contributed by atoms with Crippen LogP contribution in [0.25, 0.3) is 0 Å². The molecule has 0 bridgehead atoms. The molecule has 0 saturated carbocycles. The number of hydrogen-bond donors (Lipinski definition) is 0. The Morgan fingerprint density at radius 3 is 2.61 bits per heavy atom. The molecule has 0 amide bonds. The molecule has 0 fully saturated rings. The predicted octanol–water partition coefficient (Wildman–Crippen LogP) is 3.53. The molecule has 5 heteroatoms. The number of ether oxygens (including phenoxy) is 1. The van der Waals surface area contributed by atoms with Gasteiger partial charge in [-0.05, 0) is 29.6 Å². The van der Waals surface area contributed by atoms with E-state index in [-0.39, 0.29) is 11.3 Å². The standard InChI is InChI=1S/C13H9BrO3S/c1-17-13(16)9-5-4-8(14)7-10(9)12(15)11-3-2-6-18-11/h2-7H,1H3. The second kappa shape index (κ2) is 5.46. The van der Waals surface area contributed by atoms with E-state index in [1.54, 1.807) is 30.3 Å². The Balaban J connectivity index is 2.52. The third-order valence-corrected chi connectivity index (χ3v) is 3.74. The van der Waals surface area contributed by atoms with Crippen molar-refractivity contribution in [3.05, 3.63) is 56.2 Å². The van der Waals surface area contributed by atoms with E-state index >= 15 is 0 Å². The molecule has 0 aliphatic carbocycles. The monoisotopic (exact) mass is 324 g/mol. The van der Waals surface area contributed by atoms with Gasteiger partial charge in [-0.3, -0.25) is 4.79 Å². The molecule has 0 spiro atoms. The second-order valence-corrected chi connectivity index (χ2v) is 5.35. The van der Waals surface area contributed by atoms with Crippen molar-refractivity contribution in [2.45, 2.75) is 0 Å². The van der Waals surface area contributed by atoms with Crippen molar-refractivity contribution < 1.29 is 14.3 Å². The number of benzene rings is 1. The van der Waals surface area contributed by atoms with Crippen LogP contribution in [-0.2, 0) is 4.74 Å². The summed E-state index contributed by atoms with van der Waals surface area (Å²) in [5, 5.41) is 1.82. The first-order valence-corrected chi connectivity index (χ1v) is 6.77. The molecule has 0 aliphatic rings. The van der Waals surface area contributed by atoms with Crippen molar-refractivity contribution in [2.75, 3.05) is 7.11 Å². The second-order valence-electron chi connectivity index (χ2n) is 3.49. The van der Waals surface area contributed by atoms with Crippen LogP contribution in [0.15, 0.2) is 40.2 Å². The lowest BCUT2D eigenvalue weighted by Gasteiger charge is -2.06. The fraction of sp³-hybridized carbons (Fsp3) is 0.0769. The lowest BCUT2D eigenvalue weighted by atomic mass is 10.0. The molecule has 1 heterocycles. The van der Waals surface area contributed by atoms with Gasteiger partial charge in [-0.15, -0.1) is 11.3 Å². The van der Waals surface area contributed by atoms with E-state index in [9.17, 15) is 9.59 Å². The summed E-state index contributed by atoms with van der Waals surface area (Å²) in [5.74, 6) is -0.686. The maximum Gasteiger partial charge on any atom is 0.338 e. The first-order valence-electron chi connectivity index (χ1n) is 5.09. The fourth-order valence-corrected chi connectivity index (χ4v) is 2.57. The zero-order valence-corrected chi connectivity index (χ0v) is 11.9. The van der Waals surface area contributed by atoms with Crippen molar-refractivity contribution in [1.29, 1.82) is 0 Å². The van der Waals surface area contributed by atoms with E-state index in [0.29, 0.717) is 10.4 Å². The molecule has 0 aliphatic heterocycles. The minimum atomic E-state index is -0.512. The number of ketones is 1. The van der Waals surface area contributed by atoms with Gasteiger partial charge in [0.1, 0.15) is 0 Å². The number of carbonyl (C=O) groups excluding carboxylic acids is 2. The molecule has 0 N–H and O–H groups in total. The molecular weight excluding hydrogens is 316 g/mol. The number of halogens is 1. The first kappa shape index (κ1) is 13.0. The van der Waals surface area contributed by atoms with Crippen LogP contribution in [0.2, 0.25) is 0 Å². The van der Waals surface area contributed by atoms with Gasteiger partial charge in [0.25, 0.3) is 0 Å². The highest BCUT2D eigenvalue weighted by molar-refractivity contribution is 9.10. The van der Waals surface area contributed by atoms with Gasteiger partial charge in [0.05, 0.1) is 17.6 Å². The van der Waals surface area contributed by atoms with Gasteiger partial charge in [0, 0.05) is 10.0 Å². The summed E-state index contributed by atoms with van der Waals surface area (Å²) in [5.41, 5.74) is 0.623. The van der Waals surface area contributed by atoms with Crippen molar-refractivity contribution in [2.24, 2.45) is 0 Å². The molecule has 2 aromatic rings. The topological polar surface area (TPSA) is 43.4 Å². The maximum absolute atomic E-state index is 12.3. The summed E-state index contributed by atoms with van der Waals surface area (Å²) in [7, 11) is 1.30. The van der Waals surface area contributed by atoms with Gasteiger partial charge < -0.3 is 4.74 Å². The molecule has 3 nitrogen and oxygen atoms in total. The number of methoxy groups -OCH3 is 1. The van der Waals surface area contributed by atoms with E-state index < -0.39 is 5.97 Å². The van der Waals surface area contributed by atoms with E-state index in [2.05, 4.69) is 20.7 Å². The van der Waals surface area contributed by atoms with Crippen LogP contribution in [0.5, 0.6) is 0 Å². The number of carbonyl (C=O) groups is 2. The van der Waals surface area contributed by atoms with Crippen molar-refractivity contribution >= 4 is 39.0 Å². The Kier molecular flexibility index (Phi) is 3.93. The minimum Gasteiger partial charge on any atom is -0.465 e. The van der Waals surface area contributed by atoms with Crippen LogP contribution in [0.3, 0.4) is 0 Å². The quantitative estimate of drug-likeness (QED) is 0.640. The molecule has 0 radical (unpaired) electrons. The van der Waals surface area contributed by atoms with Crippen molar-refractivity contribution in [3.63, 3.8) is 0 Å². The zero-order chi connectivity index (χ0) is 13.1. The minimum absolute atomic E-state index is 0.174. The highest BCUT2D eigenvalue weighted by atomic mass is 79.9. The van der Waals surface area contributed by atoms with Crippen molar-refractivity contribution in [1.82, 2.24) is 0 Å². The fourth-order valence-electron chi connectivity index (χ4n) is 1.53. The van der Waals surface area contributed by atoms with Gasteiger partial charge in [0.15, 0.2) is 0 Å². The molecule has 1 aromatic carbocycles. The summed E-state index contributed by atoms with van der Waals surface area (Å²) in [6, 6.07) is 8.45. The van der Waals surface area contributed by atoms with Crippen LogP contribution >= 0.6 is 27.3 Å². The molecule has 18 heavy (non-hydrogen) atoms. The average molecular weight is 325 g/mol. The Bertz CT molecular complexity index is 590. The summed E-state index contributed by atoms with van der Waals surface area (Å²) in [6.07, 6.45) is 0. The van der Waals surface area contributed by atoms with Gasteiger partial charge >= 0.3 is 5.97 Å². The number of rotatable bonds is 3. The Hall–Kier alpha value is -1.46. The van der Waals surface area contributed by atoms with Crippen LogP contribution in [-0.4, -0.2) is 18.9 Å². The van der Waals surface area contributed by atoms with Gasteiger partial charge in [0.2, 0.25) is 5.78 Å². The Morgan fingerprint density at radius 1 is 1.22 bits per heavy atom. The lowest BCUT2D eigenvalue weighted by molar-refractivity contribution is 0.0597. The van der Waals surface area contributed by atoms with E-state index in [1.165, 1.54) is 18.4 Å². The molecule has 0 atom stereocenters. The number of hydrogen-bond acceptors (Lipinski definition) is 4. The zero-order valence-electron chi connectivity index (χ0n) is 9.48. The third-order valence-electron chi connectivity index (χ3n) is 2.38. The summed E-state index contributed by atoms with van der Waals surface area (Å²) in [4.78, 5) is 24.5. The first-order chi connectivity index (χ1) is 8.63. The highest BCUT2D eigenvalue weighted by Gasteiger charge is 2.19. The van der Waals surface area contributed by atoms with Crippen LogP contribution in [0, 0.1) is 0 Å². The SMILES string of the molecule is COC(=O)c1ccc(Br)cc1C(=O)c1cccs1.